The molecular weight excluding hydrogens is 793 g/mol. The van der Waals surface area contributed by atoms with Crippen LogP contribution in [-0.2, 0) is 44.5 Å². The quantitative estimate of drug-likeness (QED) is 0.0206. The van der Waals surface area contributed by atoms with Gasteiger partial charge in [-0.15, -0.1) is 0 Å². The highest BCUT2D eigenvalue weighted by Gasteiger charge is 2.19. The number of hydrogen-bond donors (Lipinski definition) is 0. The second kappa shape index (κ2) is 43.6. The summed E-state index contributed by atoms with van der Waals surface area (Å²) in [6.07, 6.45) is 41.2. The van der Waals surface area contributed by atoms with Crippen molar-refractivity contribution in [2.75, 3.05) is 53.2 Å². The summed E-state index contributed by atoms with van der Waals surface area (Å²) in [5, 5.41) is 0. The van der Waals surface area contributed by atoms with E-state index >= 15 is 0 Å². The van der Waals surface area contributed by atoms with Gasteiger partial charge in [-0.3, -0.25) is 19.4 Å². The molecule has 1 unspecified atom stereocenters. The Morgan fingerprint density at radius 3 is 1.68 bits per heavy atom. The number of likely N-dealkylation sites (N-methyl/N-ethyl adjacent to an activating group) is 1. The third-order valence-electron chi connectivity index (χ3n) is 10.5. The van der Waals surface area contributed by atoms with Crippen LogP contribution in [0.3, 0.4) is 0 Å². The van der Waals surface area contributed by atoms with Crippen molar-refractivity contribution >= 4 is 17.9 Å². The van der Waals surface area contributed by atoms with E-state index in [4.69, 9.17) is 23.7 Å². The summed E-state index contributed by atoms with van der Waals surface area (Å²) in [6, 6.07) is 5.85. The number of carbonyl (C=O) groups is 3. The smallest absolute Gasteiger partial charge is 0.307 e. The molecule has 0 aliphatic carbocycles. The second-order valence-corrected chi connectivity index (χ2v) is 16.5. The average molecular weight is 881 g/mol. The molecule has 1 aromatic rings. The van der Waals surface area contributed by atoms with E-state index in [1.165, 1.54) is 25.7 Å². The summed E-state index contributed by atoms with van der Waals surface area (Å²) in [6.45, 7) is 8.86. The maximum absolute atomic E-state index is 13.0. The van der Waals surface area contributed by atoms with Crippen molar-refractivity contribution in [2.45, 2.75) is 181 Å². The first-order valence-electron chi connectivity index (χ1n) is 24.8. The van der Waals surface area contributed by atoms with Crippen molar-refractivity contribution in [3.63, 3.8) is 0 Å². The zero-order chi connectivity index (χ0) is 45.7. The van der Waals surface area contributed by atoms with Gasteiger partial charge >= 0.3 is 17.9 Å². The van der Waals surface area contributed by atoms with E-state index in [0.29, 0.717) is 32.6 Å². The Hall–Kier alpha value is -3.60. The number of ether oxygens (including phenoxy) is 5. The van der Waals surface area contributed by atoms with Crippen LogP contribution in [0, 0.1) is 5.92 Å². The Balaban J connectivity index is 2.59. The molecule has 0 amide bonds. The van der Waals surface area contributed by atoms with Crippen LogP contribution in [0.15, 0.2) is 73.0 Å². The molecule has 0 bridgehead atoms. The van der Waals surface area contributed by atoms with Crippen molar-refractivity contribution in [3.8, 4) is 0 Å². The van der Waals surface area contributed by atoms with Crippen molar-refractivity contribution in [3.05, 3.63) is 78.7 Å². The van der Waals surface area contributed by atoms with Gasteiger partial charge in [0, 0.05) is 57.5 Å². The fraction of sp³-hybridized carbons (Fsp3) is 0.698. The van der Waals surface area contributed by atoms with Crippen molar-refractivity contribution < 1.29 is 38.1 Å². The molecule has 0 fully saturated rings. The van der Waals surface area contributed by atoms with Gasteiger partial charge in [-0.25, -0.2) is 0 Å². The van der Waals surface area contributed by atoms with Crippen LogP contribution in [0.1, 0.15) is 174 Å². The van der Waals surface area contributed by atoms with E-state index in [0.717, 1.165) is 115 Å². The summed E-state index contributed by atoms with van der Waals surface area (Å²) in [7, 11) is 1.96. The number of unbranched alkanes of at least 4 members (excludes halogenated alkanes) is 12. The lowest BCUT2D eigenvalue weighted by atomic mass is 10.1. The molecule has 0 aliphatic heterocycles. The van der Waals surface area contributed by atoms with Crippen LogP contribution in [-0.4, -0.2) is 87.3 Å². The molecular formula is C53H88N2O8. The minimum Gasteiger partial charge on any atom is -0.465 e. The van der Waals surface area contributed by atoms with Crippen molar-refractivity contribution in [1.29, 1.82) is 0 Å². The first-order chi connectivity index (χ1) is 30.9. The first kappa shape index (κ1) is 57.4. The van der Waals surface area contributed by atoms with Crippen LogP contribution in [0.5, 0.6) is 0 Å². The zero-order valence-electron chi connectivity index (χ0n) is 40.2. The van der Waals surface area contributed by atoms with Crippen molar-refractivity contribution in [1.82, 2.24) is 9.88 Å². The lowest BCUT2D eigenvalue weighted by Crippen LogP contribution is -2.28. The molecule has 1 heterocycles. The number of nitrogens with zero attached hydrogens (tertiary/aromatic N) is 2. The standard InChI is InChI=1S/C53H88N2O8/c1-5-8-11-14-17-18-19-20-21-22-23-24-25-26-29-35-50(56)61-45-48(47-63-52(58)39-42-55(4)41-38-49-34-30-31-40-54-49)46-62-51(57)36-37-53(59-43-32-27-15-12-9-6-2)60-44-33-28-16-13-10-7-3/h9-10,12-13,17-18,20-21,30-31,34,40,48,53H,5-8,11,14-16,19,22-29,32-33,35-39,41-47H2,1-4H3/b12-9-,13-10-,18-17-,21-20-. The van der Waals surface area contributed by atoms with E-state index in [1.54, 1.807) is 6.20 Å². The molecule has 10 heteroatoms. The minimum atomic E-state index is -0.496. The Labute approximate surface area is 383 Å². The Morgan fingerprint density at radius 1 is 0.587 bits per heavy atom. The molecule has 1 atom stereocenters. The normalized spacial score (nSPS) is 12.5. The molecule has 63 heavy (non-hydrogen) atoms. The average Bonchev–Trinajstić information content (AvgIpc) is 3.29. The third-order valence-corrected chi connectivity index (χ3v) is 10.5. The highest BCUT2D eigenvalue weighted by atomic mass is 16.7. The predicted molar refractivity (Wildman–Crippen MR) is 257 cm³/mol. The van der Waals surface area contributed by atoms with Crippen molar-refractivity contribution in [2.24, 2.45) is 5.92 Å². The Kier molecular flexibility index (Phi) is 39.8. The number of esters is 3. The van der Waals surface area contributed by atoms with Gasteiger partial charge in [0.25, 0.3) is 0 Å². The maximum Gasteiger partial charge on any atom is 0.307 e. The van der Waals surface area contributed by atoms with Gasteiger partial charge in [-0.1, -0.05) is 108 Å². The van der Waals surface area contributed by atoms with Gasteiger partial charge in [0.05, 0.1) is 18.8 Å². The summed E-state index contributed by atoms with van der Waals surface area (Å²) >= 11 is 0. The van der Waals surface area contributed by atoms with Gasteiger partial charge in [0.1, 0.15) is 19.8 Å². The fourth-order valence-electron chi connectivity index (χ4n) is 6.50. The van der Waals surface area contributed by atoms with Crippen LogP contribution >= 0.6 is 0 Å². The molecule has 0 saturated heterocycles. The lowest BCUT2D eigenvalue weighted by molar-refractivity contribution is -0.162. The van der Waals surface area contributed by atoms with Crippen LogP contribution in [0.2, 0.25) is 0 Å². The molecule has 0 N–H and O–H groups in total. The summed E-state index contributed by atoms with van der Waals surface area (Å²) in [4.78, 5) is 45.0. The Bertz CT molecular complexity index is 1320. The largest absolute Gasteiger partial charge is 0.465 e. The van der Waals surface area contributed by atoms with Crippen LogP contribution in [0.4, 0.5) is 0 Å². The van der Waals surface area contributed by atoms with Gasteiger partial charge in [0.15, 0.2) is 6.29 Å². The van der Waals surface area contributed by atoms with Crippen LogP contribution < -0.4 is 0 Å². The summed E-state index contributed by atoms with van der Waals surface area (Å²) in [5.74, 6) is -1.53. The van der Waals surface area contributed by atoms with E-state index in [-0.39, 0.29) is 44.6 Å². The van der Waals surface area contributed by atoms with Gasteiger partial charge in [0.2, 0.25) is 0 Å². The number of carbonyl (C=O) groups excluding carboxylic acids is 3. The van der Waals surface area contributed by atoms with E-state index < -0.39 is 18.2 Å². The highest BCUT2D eigenvalue weighted by molar-refractivity contribution is 5.70. The first-order valence-corrected chi connectivity index (χ1v) is 24.8. The number of aromatic nitrogens is 1. The van der Waals surface area contributed by atoms with Crippen LogP contribution in [0.25, 0.3) is 0 Å². The van der Waals surface area contributed by atoms with E-state index in [9.17, 15) is 14.4 Å². The number of rotatable bonds is 43. The van der Waals surface area contributed by atoms with Gasteiger partial charge < -0.3 is 28.6 Å². The third kappa shape index (κ3) is 38.6. The molecule has 0 aliphatic rings. The molecule has 10 nitrogen and oxygen atoms in total. The highest BCUT2D eigenvalue weighted by Crippen LogP contribution is 2.13. The summed E-state index contributed by atoms with van der Waals surface area (Å²) < 4.78 is 29.1. The van der Waals surface area contributed by atoms with Gasteiger partial charge in [-0.2, -0.15) is 0 Å². The molecule has 1 rings (SSSR count). The molecule has 0 spiro atoms. The van der Waals surface area contributed by atoms with Gasteiger partial charge in [-0.05, 0) is 109 Å². The number of hydrogen-bond acceptors (Lipinski definition) is 10. The zero-order valence-corrected chi connectivity index (χ0v) is 40.2. The molecule has 358 valence electrons. The maximum atomic E-state index is 13.0. The van der Waals surface area contributed by atoms with E-state index in [1.807, 2.05) is 25.2 Å². The van der Waals surface area contributed by atoms with E-state index in [2.05, 4.69) is 79.3 Å². The fourth-order valence-corrected chi connectivity index (χ4v) is 6.50. The molecule has 0 aromatic carbocycles. The lowest BCUT2D eigenvalue weighted by Gasteiger charge is -2.20. The monoisotopic (exact) mass is 881 g/mol. The SMILES string of the molecule is CC/C=C\CCCCOC(CCC(=O)OCC(COC(=O)CCCCCCC/C=C\C/C=C\CCCCC)COC(=O)CCN(C)CCc1ccccn1)OCCCC/C=C\CC. The second-order valence-electron chi connectivity index (χ2n) is 16.5. The summed E-state index contributed by atoms with van der Waals surface area (Å²) in [5.41, 5.74) is 1.00. The molecule has 0 radical (unpaired) electrons. The topological polar surface area (TPSA) is 113 Å². The number of pyridine rings is 1. The minimum absolute atomic E-state index is 0.000623. The number of allylic oxidation sites excluding steroid dienone is 8. The molecule has 0 saturated carbocycles. The molecule has 1 aromatic heterocycles. The Morgan fingerprint density at radius 2 is 1.11 bits per heavy atom. The predicted octanol–water partition coefficient (Wildman–Crippen LogP) is 12.4.